The zero-order chi connectivity index (χ0) is 16.9. The Kier molecular flexibility index (Phi) is 5.13. The lowest BCUT2D eigenvalue weighted by Gasteiger charge is -2.03. The number of ether oxygens (including phenoxy) is 1. The van der Waals surface area contributed by atoms with Gasteiger partial charge in [-0.05, 0) is 29.8 Å². The summed E-state index contributed by atoms with van der Waals surface area (Å²) in [5.41, 5.74) is 0.720. The summed E-state index contributed by atoms with van der Waals surface area (Å²) in [5.74, 6) is 0.454. The predicted octanol–water partition coefficient (Wildman–Crippen LogP) is 3.19. The molecule has 0 fully saturated rings. The van der Waals surface area contributed by atoms with Crippen molar-refractivity contribution in [2.24, 2.45) is 0 Å². The molecule has 23 heavy (non-hydrogen) atoms. The Balaban J connectivity index is 2.19. The average Bonchev–Trinajstić information content (AvgIpc) is 2.53. The standard InChI is InChI=1S/C16H15NO5S/c1-22-15-8-6-13(7-9-15)12-23(20,21)11-10-14-4-2-3-5-16(14)17(18)19/h2-11H,12H2,1H3/b11-10+. The minimum absolute atomic E-state index is 0.136. The lowest BCUT2D eigenvalue weighted by molar-refractivity contribution is -0.385. The highest BCUT2D eigenvalue weighted by Crippen LogP contribution is 2.20. The van der Waals surface area contributed by atoms with E-state index in [0.717, 1.165) is 5.41 Å². The number of sulfone groups is 1. The molecule has 7 heteroatoms. The molecular weight excluding hydrogens is 318 g/mol. The van der Waals surface area contributed by atoms with E-state index < -0.39 is 14.8 Å². The summed E-state index contributed by atoms with van der Waals surface area (Å²) in [5, 5.41) is 11.9. The maximum absolute atomic E-state index is 12.1. The van der Waals surface area contributed by atoms with Crippen LogP contribution in [0.25, 0.3) is 6.08 Å². The van der Waals surface area contributed by atoms with E-state index in [1.54, 1.807) is 30.3 Å². The van der Waals surface area contributed by atoms with Crippen molar-refractivity contribution in [2.75, 3.05) is 7.11 Å². The Hall–Kier alpha value is -2.67. The van der Waals surface area contributed by atoms with Gasteiger partial charge in [-0.25, -0.2) is 8.42 Å². The van der Waals surface area contributed by atoms with E-state index in [9.17, 15) is 18.5 Å². The van der Waals surface area contributed by atoms with Crippen LogP contribution in [0.3, 0.4) is 0 Å². The number of methoxy groups -OCH3 is 1. The lowest BCUT2D eigenvalue weighted by Crippen LogP contribution is -2.00. The Bertz CT molecular complexity index is 826. The smallest absolute Gasteiger partial charge is 0.276 e. The van der Waals surface area contributed by atoms with E-state index >= 15 is 0 Å². The highest BCUT2D eigenvalue weighted by molar-refractivity contribution is 7.93. The molecule has 0 bridgehead atoms. The second-order valence-corrected chi connectivity index (χ2v) is 6.66. The van der Waals surface area contributed by atoms with Gasteiger partial charge in [0.1, 0.15) is 5.75 Å². The molecule has 0 N–H and O–H groups in total. The fourth-order valence-electron chi connectivity index (χ4n) is 1.97. The Morgan fingerprint density at radius 3 is 2.39 bits per heavy atom. The molecule has 2 aromatic rings. The van der Waals surface area contributed by atoms with Crippen LogP contribution in [-0.2, 0) is 15.6 Å². The number of nitro benzene ring substituents is 1. The third-order valence-electron chi connectivity index (χ3n) is 3.12. The van der Waals surface area contributed by atoms with Crippen molar-refractivity contribution in [1.82, 2.24) is 0 Å². The first-order chi connectivity index (χ1) is 10.9. The highest BCUT2D eigenvalue weighted by atomic mass is 32.2. The average molecular weight is 333 g/mol. The number of nitrogens with zero attached hydrogens (tertiary/aromatic N) is 1. The topological polar surface area (TPSA) is 86.5 Å². The molecule has 0 aliphatic heterocycles. The second-order valence-electron chi connectivity index (χ2n) is 4.77. The number of benzene rings is 2. The van der Waals surface area contributed by atoms with Crippen LogP contribution in [0.15, 0.2) is 53.9 Å². The van der Waals surface area contributed by atoms with Crippen LogP contribution >= 0.6 is 0 Å². The zero-order valence-corrected chi connectivity index (χ0v) is 13.2. The van der Waals surface area contributed by atoms with Gasteiger partial charge >= 0.3 is 0 Å². The van der Waals surface area contributed by atoms with E-state index in [2.05, 4.69) is 0 Å². The summed E-state index contributed by atoms with van der Waals surface area (Å²) in [6, 6.07) is 12.6. The first kappa shape index (κ1) is 16.7. The Morgan fingerprint density at radius 2 is 1.78 bits per heavy atom. The van der Waals surface area contributed by atoms with Gasteiger partial charge < -0.3 is 4.74 Å². The van der Waals surface area contributed by atoms with E-state index in [0.29, 0.717) is 11.3 Å². The number of para-hydroxylation sites is 1. The van der Waals surface area contributed by atoms with Gasteiger partial charge in [-0.2, -0.15) is 0 Å². The van der Waals surface area contributed by atoms with Crippen LogP contribution in [-0.4, -0.2) is 20.5 Å². The van der Waals surface area contributed by atoms with E-state index in [4.69, 9.17) is 4.74 Å². The van der Waals surface area contributed by atoms with Crippen LogP contribution in [0.4, 0.5) is 5.69 Å². The van der Waals surface area contributed by atoms with Crippen LogP contribution in [0.1, 0.15) is 11.1 Å². The van der Waals surface area contributed by atoms with Crippen molar-refractivity contribution in [3.8, 4) is 5.75 Å². The third-order valence-corrected chi connectivity index (χ3v) is 4.40. The zero-order valence-electron chi connectivity index (χ0n) is 12.4. The summed E-state index contributed by atoms with van der Waals surface area (Å²) in [4.78, 5) is 10.4. The molecule has 0 saturated heterocycles. The van der Waals surface area contributed by atoms with Gasteiger partial charge in [-0.1, -0.05) is 24.3 Å². The fraction of sp³-hybridized carbons (Fsp3) is 0.125. The molecule has 0 aliphatic rings. The Labute approximate surface area is 134 Å². The number of hydrogen-bond acceptors (Lipinski definition) is 5. The van der Waals surface area contributed by atoms with Crippen molar-refractivity contribution in [2.45, 2.75) is 5.75 Å². The third kappa shape index (κ3) is 4.65. The van der Waals surface area contributed by atoms with Gasteiger partial charge in [0.25, 0.3) is 5.69 Å². The molecule has 0 aromatic heterocycles. The predicted molar refractivity (Wildman–Crippen MR) is 87.7 cm³/mol. The lowest BCUT2D eigenvalue weighted by atomic mass is 10.2. The van der Waals surface area contributed by atoms with Crippen molar-refractivity contribution >= 4 is 21.6 Å². The fourth-order valence-corrected chi connectivity index (χ4v) is 3.08. The van der Waals surface area contributed by atoms with Gasteiger partial charge in [0.2, 0.25) is 0 Å². The number of rotatable bonds is 6. The van der Waals surface area contributed by atoms with E-state index in [-0.39, 0.29) is 17.0 Å². The van der Waals surface area contributed by atoms with E-state index in [1.165, 1.54) is 31.4 Å². The van der Waals surface area contributed by atoms with Gasteiger partial charge in [0, 0.05) is 11.5 Å². The first-order valence-electron chi connectivity index (χ1n) is 6.68. The quantitative estimate of drug-likeness (QED) is 0.598. The second kappa shape index (κ2) is 7.06. The number of hydrogen-bond donors (Lipinski definition) is 0. The van der Waals surface area contributed by atoms with Gasteiger partial charge in [0.05, 0.1) is 23.3 Å². The summed E-state index contributed by atoms with van der Waals surface area (Å²) < 4.78 is 29.3. The summed E-state index contributed by atoms with van der Waals surface area (Å²) in [6.45, 7) is 0. The van der Waals surface area contributed by atoms with Gasteiger partial charge in [-0.15, -0.1) is 0 Å². The van der Waals surface area contributed by atoms with Gasteiger partial charge in [0.15, 0.2) is 9.84 Å². The first-order valence-corrected chi connectivity index (χ1v) is 8.40. The van der Waals surface area contributed by atoms with Gasteiger partial charge in [-0.3, -0.25) is 10.1 Å². The van der Waals surface area contributed by atoms with E-state index in [1.807, 2.05) is 0 Å². The van der Waals surface area contributed by atoms with Crippen LogP contribution in [0.2, 0.25) is 0 Å². The SMILES string of the molecule is COc1ccc(CS(=O)(=O)/C=C/c2ccccc2[N+](=O)[O-])cc1. The molecule has 6 nitrogen and oxygen atoms in total. The summed E-state index contributed by atoms with van der Waals surface area (Å²) in [6.07, 6.45) is 1.25. The van der Waals surface area contributed by atoms with Crippen molar-refractivity contribution in [1.29, 1.82) is 0 Å². The highest BCUT2D eigenvalue weighted by Gasteiger charge is 2.12. The molecular formula is C16H15NO5S. The summed E-state index contributed by atoms with van der Waals surface area (Å²) >= 11 is 0. The minimum atomic E-state index is -3.54. The monoisotopic (exact) mass is 333 g/mol. The summed E-state index contributed by atoms with van der Waals surface area (Å²) in [7, 11) is -2.01. The molecule has 120 valence electrons. The van der Waals surface area contributed by atoms with Crippen molar-refractivity contribution < 1.29 is 18.1 Å². The van der Waals surface area contributed by atoms with Crippen molar-refractivity contribution in [3.05, 3.63) is 75.2 Å². The number of nitro groups is 1. The molecule has 0 heterocycles. The largest absolute Gasteiger partial charge is 0.497 e. The van der Waals surface area contributed by atoms with Crippen LogP contribution < -0.4 is 4.74 Å². The molecule has 0 radical (unpaired) electrons. The van der Waals surface area contributed by atoms with Crippen molar-refractivity contribution in [3.63, 3.8) is 0 Å². The molecule has 0 amide bonds. The maximum Gasteiger partial charge on any atom is 0.276 e. The van der Waals surface area contributed by atoms with Crippen LogP contribution in [0.5, 0.6) is 5.75 Å². The normalized spacial score (nSPS) is 11.5. The van der Waals surface area contributed by atoms with Crippen LogP contribution in [0, 0.1) is 10.1 Å². The minimum Gasteiger partial charge on any atom is -0.497 e. The molecule has 0 unspecified atom stereocenters. The molecule has 0 spiro atoms. The molecule has 0 atom stereocenters. The maximum atomic E-state index is 12.1. The molecule has 2 aromatic carbocycles. The Morgan fingerprint density at radius 1 is 1.13 bits per heavy atom. The molecule has 0 saturated carbocycles. The molecule has 0 aliphatic carbocycles. The molecule has 2 rings (SSSR count).